The van der Waals surface area contributed by atoms with Crippen LogP contribution < -0.4 is 20.9 Å². The number of aliphatic hydroxyl groups is 1. The number of nitrogens with one attached hydrogen (secondary N) is 3. The SMILES string of the molecule is COc1cccc(C(=O)NNC(=O)C2(C(=O)N[C@H]3CC(=O)OC3O)CCCC2)c1. The highest BCUT2D eigenvalue weighted by Crippen LogP contribution is 2.39. The number of hydrogen-bond donors (Lipinski definition) is 4. The van der Waals surface area contributed by atoms with Crippen LogP contribution >= 0.6 is 0 Å². The van der Waals surface area contributed by atoms with E-state index in [4.69, 9.17) is 4.74 Å². The third kappa shape index (κ3) is 4.32. The Morgan fingerprint density at radius 1 is 1.17 bits per heavy atom. The van der Waals surface area contributed by atoms with Crippen LogP contribution in [-0.2, 0) is 19.1 Å². The third-order valence-electron chi connectivity index (χ3n) is 5.25. The summed E-state index contributed by atoms with van der Waals surface area (Å²) in [4.78, 5) is 49.2. The van der Waals surface area contributed by atoms with Crippen LogP contribution in [0.1, 0.15) is 42.5 Å². The number of cyclic esters (lactones) is 1. The molecule has 4 N–H and O–H groups in total. The van der Waals surface area contributed by atoms with E-state index in [0.717, 1.165) is 0 Å². The fourth-order valence-corrected chi connectivity index (χ4v) is 3.58. The summed E-state index contributed by atoms with van der Waals surface area (Å²) in [5.74, 6) is -1.95. The van der Waals surface area contributed by atoms with E-state index in [1.165, 1.54) is 13.2 Å². The Labute approximate surface area is 166 Å². The van der Waals surface area contributed by atoms with Crippen molar-refractivity contribution >= 4 is 23.7 Å². The molecule has 2 aliphatic rings. The second kappa shape index (κ2) is 8.48. The van der Waals surface area contributed by atoms with Crippen molar-refractivity contribution in [3.8, 4) is 5.75 Å². The summed E-state index contributed by atoms with van der Waals surface area (Å²) in [7, 11) is 1.47. The molecule has 10 nitrogen and oxygen atoms in total. The number of benzene rings is 1. The number of rotatable bonds is 5. The third-order valence-corrected chi connectivity index (χ3v) is 5.25. The average molecular weight is 405 g/mol. The Kier molecular flexibility index (Phi) is 6.02. The monoisotopic (exact) mass is 405 g/mol. The molecule has 3 amide bonds. The zero-order valence-corrected chi connectivity index (χ0v) is 15.9. The van der Waals surface area contributed by atoms with Crippen LogP contribution in [-0.4, -0.2) is 48.2 Å². The molecule has 1 saturated heterocycles. The molecule has 1 heterocycles. The van der Waals surface area contributed by atoms with Gasteiger partial charge in [0.1, 0.15) is 17.2 Å². The topological polar surface area (TPSA) is 143 Å². The molecule has 2 atom stereocenters. The van der Waals surface area contributed by atoms with Gasteiger partial charge in [-0.3, -0.25) is 30.0 Å². The Hall–Kier alpha value is -3.14. The Bertz CT molecular complexity index is 820. The van der Waals surface area contributed by atoms with E-state index in [1.807, 2.05) is 0 Å². The standard InChI is InChI=1S/C19H23N3O7/c1-28-12-6-4-5-11(9-12)15(24)21-22-18(27)19(7-2-3-8-19)17(26)20-13-10-14(23)29-16(13)25/h4-6,9,13,16,25H,2-3,7-8,10H2,1H3,(H,20,26)(H,21,24)(H,22,27)/t13-,16?/m0/s1. The maximum Gasteiger partial charge on any atom is 0.310 e. The minimum atomic E-state index is -1.44. The van der Waals surface area contributed by atoms with Gasteiger partial charge in [-0.1, -0.05) is 18.9 Å². The largest absolute Gasteiger partial charge is 0.497 e. The molecule has 0 spiro atoms. The van der Waals surface area contributed by atoms with Crippen LogP contribution in [0.3, 0.4) is 0 Å². The van der Waals surface area contributed by atoms with Gasteiger partial charge in [-0.25, -0.2) is 0 Å². The first kappa shape index (κ1) is 20.6. The van der Waals surface area contributed by atoms with Gasteiger partial charge in [-0.05, 0) is 31.0 Å². The van der Waals surface area contributed by atoms with Crippen molar-refractivity contribution in [3.63, 3.8) is 0 Å². The number of aliphatic hydroxyl groups excluding tert-OH is 1. The van der Waals surface area contributed by atoms with Crippen LogP contribution in [0.2, 0.25) is 0 Å². The average Bonchev–Trinajstić information content (AvgIpc) is 3.33. The van der Waals surface area contributed by atoms with Crippen molar-refractivity contribution in [2.24, 2.45) is 5.41 Å². The predicted molar refractivity (Wildman–Crippen MR) is 98.2 cm³/mol. The van der Waals surface area contributed by atoms with Crippen LogP contribution in [0, 0.1) is 5.41 Å². The molecule has 1 aliphatic heterocycles. The summed E-state index contributed by atoms with van der Waals surface area (Å²) in [6.45, 7) is 0. The second-order valence-corrected chi connectivity index (χ2v) is 7.09. The van der Waals surface area contributed by atoms with Crippen LogP contribution in [0.25, 0.3) is 0 Å². The number of amides is 3. The first-order valence-corrected chi connectivity index (χ1v) is 9.29. The smallest absolute Gasteiger partial charge is 0.310 e. The second-order valence-electron chi connectivity index (χ2n) is 7.09. The molecule has 1 aromatic rings. The highest BCUT2D eigenvalue weighted by atomic mass is 16.6. The van der Waals surface area contributed by atoms with Gasteiger partial charge in [0.05, 0.1) is 13.5 Å². The minimum absolute atomic E-state index is 0.169. The summed E-state index contributed by atoms with van der Waals surface area (Å²) in [6, 6.07) is 5.47. The summed E-state index contributed by atoms with van der Waals surface area (Å²) in [5.41, 5.74) is 3.52. The highest BCUT2D eigenvalue weighted by molar-refractivity contribution is 6.06. The van der Waals surface area contributed by atoms with Crippen molar-refractivity contribution < 1.29 is 33.8 Å². The molecule has 0 radical (unpaired) electrons. The van der Waals surface area contributed by atoms with E-state index in [2.05, 4.69) is 20.9 Å². The highest BCUT2D eigenvalue weighted by Gasteiger charge is 2.50. The maximum absolute atomic E-state index is 12.8. The van der Waals surface area contributed by atoms with Gasteiger partial charge in [0.15, 0.2) is 0 Å². The van der Waals surface area contributed by atoms with Crippen molar-refractivity contribution in [2.45, 2.75) is 44.4 Å². The van der Waals surface area contributed by atoms with Crippen molar-refractivity contribution in [2.75, 3.05) is 7.11 Å². The molecule has 10 heteroatoms. The molecule has 1 saturated carbocycles. The number of ether oxygens (including phenoxy) is 2. The van der Waals surface area contributed by atoms with E-state index in [0.29, 0.717) is 18.6 Å². The number of carbonyl (C=O) groups excluding carboxylic acids is 4. The summed E-state index contributed by atoms with van der Waals surface area (Å²) in [5, 5.41) is 12.2. The number of carbonyl (C=O) groups is 4. The first-order valence-electron chi connectivity index (χ1n) is 9.29. The minimum Gasteiger partial charge on any atom is -0.497 e. The quantitative estimate of drug-likeness (QED) is 0.301. The van der Waals surface area contributed by atoms with Crippen LogP contribution in [0.15, 0.2) is 24.3 Å². The molecule has 0 bridgehead atoms. The van der Waals surface area contributed by atoms with E-state index >= 15 is 0 Å². The molecule has 1 aromatic carbocycles. The van der Waals surface area contributed by atoms with E-state index < -0.39 is 41.4 Å². The lowest BCUT2D eigenvalue weighted by atomic mass is 9.84. The van der Waals surface area contributed by atoms with Crippen molar-refractivity contribution in [3.05, 3.63) is 29.8 Å². The van der Waals surface area contributed by atoms with Gasteiger partial charge in [0.25, 0.3) is 11.8 Å². The molecule has 1 unspecified atom stereocenters. The molecule has 1 aliphatic carbocycles. The number of methoxy groups -OCH3 is 1. The summed E-state index contributed by atoms with van der Waals surface area (Å²) < 4.78 is 9.68. The zero-order valence-electron chi connectivity index (χ0n) is 15.9. The lowest BCUT2D eigenvalue weighted by molar-refractivity contribution is -0.156. The molecule has 0 aromatic heterocycles. The van der Waals surface area contributed by atoms with E-state index in [1.54, 1.807) is 18.2 Å². The van der Waals surface area contributed by atoms with Gasteiger partial charge in [-0.15, -0.1) is 0 Å². The van der Waals surface area contributed by atoms with E-state index in [-0.39, 0.29) is 24.8 Å². The molecule has 29 heavy (non-hydrogen) atoms. The van der Waals surface area contributed by atoms with Crippen molar-refractivity contribution in [1.82, 2.24) is 16.2 Å². The van der Waals surface area contributed by atoms with Gasteiger partial charge < -0.3 is 19.9 Å². The molecular weight excluding hydrogens is 382 g/mol. The van der Waals surface area contributed by atoms with Crippen LogP contribution in [0.5, 0.6) is 5.75 Å². The first-order chi connectivity index (χ1) is 13.9. The fourth-order valence-electron chi connectivity index (χ4n) is 3.58. The number of hydrazine groups is 1. The van der Waals surface area contributed by atoms with E-state index in [9.17, 15) is 24.3 Å². The Morgan fingerprint density at radius 2 is 1.90 bits per heavy atom. The summed E-state index contributed by atoms with van der Waals surface area (Å²) >= 11 is 0. The lowest BCUT2D eigenvalue weighted by Gasteiger charge is -2.28. The van der Waals surface area contributed by atoms with Crippen LogP contribution in [0.4, 0.5) is 0 Å². The molecule has 3 rings (SSSR count). The normalized spacial score (nSPS) is 22.5. The van der Waals surface area contributed by atoms with Crippen molar-refractivity contribution in [1.29, 1.82) is 0 Å². The Morgan fingerprint density at radius 3 is 2.52 bits per heavy atom. The lowest BCUT2D eigenvalue weighted by Crippen LogP contribution is -2.56. The van der Waals surface area contributed by atoms with Gasteiger partial charge in [-0.2, -0.15) is 0 Å². The van der Waals surface area contributed by atoms with Gasteiger partial charge in [0, 0.05) is 5.56 Å². The Balaban J connectivity index is 1.65. The predicted octanol–water partition coefficient (Wildman–Crippen LogP) is -0.233. The number of esters is 1. The van der Waals surface area contributed by atoms with Gasteiger partial charge >= 0.3 is 5.97 Å². The zero-order chi connectivity index (χ0) is 21.0. The maximum atomic E-state index is 12.8. The molecule has 2 fully saturated rings. The number of hydrogen-bond acceptors (Lipinski definition) is 7. The summed E-state index contributed by atoms with van der Waals surface area (Å²) in [6.07, 6.45) is 0.285. The molecule has 156 valence electrons. The fraction of sp³-hybridized carbons (Fsp3) is 0.474. The molecular formula is C19H23N3O7. The van der Waals surface area contributed by atoms with Gasteiger partial charge in [0.2, 0.25) is 12.2 Å².